The third kappa shape index (κ3) is 4.15. The lowest BCUT2D eigenvalue weighted by Crippen LogP contribution is -2.62. The number of piperidine rings is 1. The van der Waals surface area contributed by atoms with Crippen LogP contribution in [0.4, 0.5) is 10.6 Å². The van der Waals surface area contributed by atoms with Crippen LogP contribution in [0.15, 0.2) is 42.7 Å². The van der Waals surface area contributed by atoms with Crippen molar-refractivity contribution in [1.82, 2.24) is 25.3 Å². The number of methoxy groups -OCH3 is 1. The van der Waals surface area contributed by atoms with Gasteiger partial charge in [0.25, 0.3) is 0 Å². The molecule has 3 aromatic rings. The summed E-state index contributed by atoms with van der Waals surface area (Å²) in [6.45, 7) is 4.24. The summed E-state index contributed by atoms with van der Waals surface area (Å²) in [5.41, 5.74) is 2.69. The number of anilines is 1. The van der Waals surface area contributed by atoms with Gasteiger partial charge in [0, 0.05) is 48.6 Å². The van der Waals surface area contributed by atoms with Crippen LogP contribution in [0.1, 0.15) is 39.5 Å². The predicted molar refractivity (Wildman–Crippen MR) is 135 cm³/mol. The highest BCUT2D eigenvalue weighted by Crippen LogP contribution is 2.51. The molecule has 2 fully saturated rings. The third-order valence-electron chi connectivity index (χ3n) is 7.80. The van der Waals surface area contributed by atoms with E-state index in [1.807, 2.05) is 43.6 Å². The van der Waals surface area contributed by atoms with Gasteiger partial charge in [-0.1, -0.05) is 6.07 Å². The first-order valence-corrected chi connectivity index (χ1v) is 12.1. The summed E-state index contributed by atoms with van der Waals surface area (Å²) in [6.07, 6.45) is 6.04. The molecule has 5 rings (SSSR count). The molecule has 10 nitrogen and oxygen atoms in total. The highest BCUT2D eigenvalue weighted by Gasteiger charge is 2.58. The Morgan fingerprint density at radius 1 is 1.17 bits per heavy atom. The molecule has 36 heavy (non-hydrogen) atoms. The standard InChI is InChI=1S/C26H32N6O4/c1-25-9-10-26(2,32(25)24(33)34)13-19(12-25)31(3)23-8-7-21(29-30-23)20-6-5-17(18-14-27-28-15-18)11-22(20)36-16-35-4/h5-8,11,14-15,19H,9-10,12-13,16H2,1-4H3,(H,27,28)(H,33,34)/t19?,25-,26+. The Labute approximate surface area is 210 Å². The van der Waals surface area contributed by atoms with E-state index in [1.165, 1.54) is 0 Å². The van der Waals surface area contributed by atoms with Gasteiger partial charge in [-0.15, -0.1) is 10.2 Å². The fourth-order valence-electron chi connectivity index (χ4n) is 6.03. The topological polar surface area (TPSA) is 117 Å². The van der Waals surface area contributed by atoms with Crippen molar-refractivity contribution in [3.63, 3.8) is 0 Å². The van der Waals surface area contributed by atoms with E-state index in [1.54, 1.807) is 18.2 Å². The van der Waals surface area contributed by atoms with Gasteiger partial charge in [0.15, 0.2) is 12.6 Å². The first kappa shape index (κ1) is 24.1. The van der Waals surface area contributed by atoms with Crippen LogP contribution in [0.2, 0.25) is 0 Å². The average Bonchev–Trinajstić information content (AvgIpc) is 3.45. The Morgan fingerprint density at radius 2 is 1.92 bits per heavy atom. The number of aromatic nitrogens is 4. The lowest BCUT2D eigenvalue weighted by Gasteiger charge is -2.51. The molecule has 190 valence electrons. The van der Waals surface area contributed by atoms with Crippen molar-refractivity contribution in [2.24, 2.45) is 0 Å². The minimum atomic E-state index is -0.826. The van der Waals surface area contributed by atoms with Gasteiger partial charge in [-0.3, -0.25) is 10.00 Å². The molecule has 2 aliphatic rings. The number of benzene rings is 1. The Balaban J connectivity index is 1.38. The first-order chi connectivity index (χ1) is 17.2. The molecule has 3 atom stereocenters. The largest absolute Gasteiger partial charge is 0.467 e. The van der Waals surface area contributed by atoms with Gasteiger partial charge in [0.2, 0.25) is 0 Å². The Hall–Kier alpha value is -3.66. The molecule has 10 heteroatoms. The molecule has 2 aromatic heterocycles. The number of nitrogens with one attached hydrogen (secondary N) is 1. The van der Waals surface area contributed by atoms with Crippen LogP contribution < -0.4 is 9.64 Å². The molecular formula is C26H32N6O4. The number of ether oxygens (including phenoxy) is 2. The second-order valence-electron chi connectivity index (χ2n) is 10.3. The van der Waals surface area contributed by atoms with Gasteiger partial charge < -0.3 is 19.5 Å². The van der Waals surface area contributed by atoms with E-state index in [-0.39, 0.29) is 23.9 Å². The van der Waals surface area contributed by atoms with E-state index < -0.39 is 6.09 Å². The summed E-state index contributed by atoms with van der Waals surface area (Å²) in [4.78, 5) is 15.8. The number of rotatable bonds is 7. The molecule has 2 aliphatic heterocycles. The summed E-state index contributed by atoms with van der Waals surface area (Å²) < 4.78 is 11.0. The quantitative estimate of drug-likeness (QED) is 0.466. The van der Waals surface area contributed by atoms with E-state index in [4.69, 9.17) is 9.47 Å². The van der Waals surface area contributed by atoms with Crippen molar-refractivity contribution in [3.8, 4) is 28.1 Å². The number of carbonyl (C=O) groups is 1. The highest BCUT2D eigenvalue weighted by atomic mass is 16.7. The van der Waals surface area contributed by atoms with E-state index in [0.29, 0.717) is 11.4 Å². The molecule has 1 amide bonds. The molecule has 1 aromatic carbocycles. The number of hydrogen-bond donors (Lipinski definition) is 2. The molecular weight excluding hydrogens is 460 g/mol. The minimum Gasteiger partial charge on any atom is -0.467 e. The molecule has 1 unspecified atom stereocenters. The first-order valence-electron chi connectivity index (χ1n) is 12.1. The van der Waals surface area contributed by atoms with Gasteiger partial charge in [-0.2, -0.15) is 5.10 Å². The van der Waals surface area contributed by atoms with Crippen LogP contribution in [0.25, 0.3) is 22.4 Å². The maximum atomic E-state index is 12.0. The number of aromatic amines is 1. The number of carboxylic acid groups (broad SMARTS) is 1. The average molecular weight is 493 g/mol. The Kier molecular flexibility index (Phi) is 6.07. The Bertz CT molecular complexity index is 1210. The fourth-order valence-corrected chi connectivity index (χ4v) is 6.03. The molecule has 0 spiro atoms. The van der Waals surface area contributed by atoms with Crippen LogP contribution >= 0.6 is 0 Å². The number of H-pyrrole nitrogens is 1. The third-order valence-corrected chi connectivity index (χ3v) is 7.80. The summed E-state index contributed by atoms with van der Waals surface area (Å²) in [5.74, 6) is 1.40. The van der Waals surface area contributed by atoms with Crippen molar-refractivity contribution in [2.45, 2.75) is 56.7 Å². The van der Waals surface area contributed by atoms with Crippen molar-refractivity contribution in [1.29, 1.82) is 0 Å². The lowest BCUT2D eigenvalue weighted by molar-refractivity contribution is 0.0131. The molecule has 2 N–H and O–H groups in total. The zero-order chi connectivity index (χ0) is 25.5. The zero-order valence-corrected chi connectivity index (χ0v) is 21.1. The summed E-state index contributed by atoms with van der Waals surface area (Å²) in [7, 11) is 3.60. The normalized spacial score (nSPS) is 25.1. The summed E-state index contributed by atoms with van der Waals surface area (Å²) >= 11 is 0. The van der Waals surface area contributed by atoms with Crippen LogP contribution in [-0.4, -0.2) is 74.6 Å². The maximum absolute atomic E-state index is 12.0. The maximum Gasteiger partial charge on any atom is 0.408 e. The smallest absolute Gasteiger partial charge is 0.408 e. The van der Waals surface area contributed by atoms with Crippen molar-refractivity contribution in [3.05, 3.63) is 42.7 Å². The van der Waals surface area contributed by atoms with E-state index in [2.05, 4.69) is 39.1 Å². The Morgan fingerprint density at radius 3 is 2.50 bits per heavy atom. The van der Waals surface area contributed by atoms with Gasteiger partial charge in [0.05, 0.1) is 11.9 Å². The number of nitrogens with zero attached hydrogens (tertiary/aromatic N) is 5. The number of fused-ring (bicyclic) bond motifs is 2. The van der Waals surface area contributed by atoms with Gasteiger partial charge in [0.1, 0.15) is 5.75 Å². The van der Waals surface area contributed by atoms with E-state index in [9.17, 15) is 9.90 Å². The zero-order valence-electron chi connectivity index (χ0n) is 21.1. The summed E-state index contributed by atoms with van der Waals surface area (Å²) in [5, 5.41) is 25.8. The van der Waals surface area contributed by atoms with Crippen LogP contribution in [0.3, 0.4) is 0 Å². The van der Waals surface area contributed by atoms with Crippen LogP contribution in [0, 0.1) is 0 Å². The van der Waals surface area contributed by atoms with Crippen LogP contribution in [0.5, 0.6) is 5.75 Å². The second kappa shape index (κ2) is 9.09. The molecule has 0 saturated carbocycles. The van der Waals surface area contributed by atoms with Crippen molar-refractivity contribution < 1.29 is 19.4 Å². The SMILES string of the molecule is COCOc1cc(-c2cn[nH]c2)ccc1-c1ccc(N(C)C2C[C@]3(C)CC[C@](C)(C2)N3C(=O)O)nn1. The molecule has 2 saturated heterocycles. The number of amides is 1. The predicted octanol–water partition coefficient (Wildman–Crippen LogP) is 4.41. The molecule has 2 bridgehead atoms. The van der Waals surface area contributed by atoms with Gasteiger partial charge in [-0.05, 0) is 69.4 Å². The van der Waals surface area contributed by atoms with Crippen LogP contribution in [-0.2, 0) is 4.74 Å². The highest BCUT2D eigenvalue weighted by molar-refractivity contribution is 5.74. The van der Waals surface area contributed by atoms with Gasteiger partial charge >= 0.3 is 6.09 Å². The fraction of sp³-hybridized carbons (Fsp3) is 0.462. The molecule has 4 heterocycles. The second-order valence-corrected chi connectivity index (χ2v) is 10.3. The van der Waals surface area contributed by atoms with E-state index >= 15 is 0 Å². The molecule has 0 aliphatic carbocycles. The minimum absolute atomic E-state index is 0.114. The van der Waals surface area contributed by atoms with Crippen molar-refractivity contribution in [2.75, 3.05) is 25.9 Å². The van der Waals surface area contributed by atoms with Crippen molar-refractivity contribution >= 4 is 11.9 Å². The lowest BCUT2D eigenvalue weighted by atomic mass is 9.82. The van der Waals surface area contributed by atoms with E-state index in [0.717, 1.165) is 48.2 Å². The summed E-state index contributed by atoms with van der Waals surface area (Å²) in [6, 6.07) is 9.97. The number of hydrogen-bond acceptors (Lipinski definition) is 7. The monoisotopic (exact) mass is 492 g/mol. The molecule has 0 radical (unpaired) electrons. The van der Waals surface area contributed by atoms with Gasteiger partial charge in [-0.25, -0.2) is 4.79 Å².